The molecule has 1 unspecified atom stereocenters. The molecule has 0 aromatic heterocycles. The molecule has 1 aliphatic rings. The number of aliphatic hydroxyl groups is 1. The number of methoxy groups -OCH3 is 2. The van der Waals surface area contributed by atoms with Gasteiger partial charge < -0.3 is 19.9 Å². The zero-order chi connectivity index (χ0) is 13.0. The fourth-order valence-corrected chi connectivity index (χ4v) is 2.10. The van der Waals surface area contributed by atoms with Crippen molar-refractivity contribution in [1.29, 1.82) is 0 Å². The van der Waals surface area contributed by atoms with Crippen LogP contribution in [-0.4, -0.2) is 31.9 Å². The summed E-state index contributed by atoms with van der Waals surface area (Å²) in [4.78, 5) is 0. The van der Waals surface area contributed by atoms with E-state index >= 15 is 0 Å². The summed E-state index contributed by atoms with van der Waals surface area (Å²) in [6.45, 7) is 0.550. The Morgan fingerprint density at radius 2 is 2.11 bits per heavy atom. The predicted molar refractivity (Wildman–Crippen MR) is 70.1 cm³/mol. The first-order chi connectivity index (χ1) is 8.74. The standard InChI is InChI=1S/C14H21NO3/c1-17-11-6-7-14(18-2)12(8-11)13(16)9-15-10-4-3-5-10/h6-8,10,13,15-16H,3-5,9H2,1-2H3. The minimum absolute atomic E-state index is 0.550. The largest absolute Gasteiger partial charge is 0.497 e. The van der Waals surface area contributed by atoms with Gasteiger partial charge in [0, 0.05) is 18.2 Å². The molecule has 0 saturated heterocycles. The third-order valence-corrected chi connectivity index (χ3v) is 3.50. The van der Waals surface area contributed by atoms with E-state index in [1.165, 1.54) is 19.3 Å². The molecule has 100 valence electrons. The summed E-state index contributed by atoms with van der Waals surface area (Å²) in [6, 6.07) is 6.04. The Morgan fingerprint density at radius 3 is 2.67 bits per heavy atom. The van der Waals surface area contributed by atoms with Gasteiger partial charge in [0.25, 0.3) is 0 Å². The molecule has 1 aromatic carbocycles. The lowest BCUT2D eigenvalue weighted by molar-refractivity contribution is 0.157. The summed E-state index contributed by atoms with van der Waals surface area (Å²) < 4.78 is 10.4. The van der Waals surface area contributed by atoms with Gasteiger partial charge in [-0.3, -0.25) is 0 Å². The van der Waals surface area contributed by atoms with Crippen molar-refractivity contribution in [2.24, 2.45) is 0 Å². The van der Waals surface area contributed by atoms with E-state index in [1.54, 1.807) is 14.2 Å². The second kappa shape index (κ2) is 6.07. The summed E-state index contributed by atoms with van der Waals surface area (Å²) in [5.41, 5.74) is 0.767. The second-order valence-electron chi connectivity index (χ2n) is 4.66. The Balaban J connectivity index is 2.03. The van der Waals surface area contributed by atoms with Crippen LogP contribution in [0.1, 0.15) is 30.9 Å². The molecule has 1 aromatic rings. The number of hydrogen-bond acceptors (Lipinski definition) is 4. The normalized spacial score (nSPS) is 17.1. The third-order valence-electron chi connectivity index (χ3n) is 3.50. The van der Waals surface area contributed by atoms with Gasteiger partial charge in [-0.25, -0.2) is 0 Å². The van der Waals surface area contributed by atoms with Crippen LogP contribution in [0.3, 0.4) is 0 Å². The molecular weight excluding hydrogens is 230 g/mol. The topological polar surface area (TPSA) is 50.7 Å². The van der Waals surface area contributed by atoms with Crippen LogP contribution in [-0.2, 0) is 0 Å². The lowest BCUT2D eigenvalue weighted by Crippen LogP contribution is -2.37. The molecule has 4 nitrogen and oxygen atoms in total. The highest BCUT2D eigenvalue weighted by atomic mass is 16.5. The summed E-state index contributed by atoms with van der Waals surface area (Å²) >= 11 is 0. The maximum atomic E-state index is 10.2. The molecule has 2 N–H and O–H groups in total. The molecular formula is C14H21NO3. The van der Waals surface area contributed by atoms with Gasteiger partial charge in [0.2, 0.25) is 0 Å². The van der Waals surface area contributed by atoms with Crippen LogP contribution >= 0.6 is 0 Å². The van der Waals surface area contributed by atoms with Crippen molar-refractivity contribution in [3.63, 3.8) is 0 Å². The van der Waals surface area contributed by atoms with Crippen LogP contribution in [0.5, 0.6) is 11.5 Å². The van der Waals surface area contributed by atoms with Crippen molar-refractivity contribution in [1.82, 2.24) is 5.32 Å². The van der Waals surface area contributed by atoms with Gasteiger partial charge in [-0.05, 0) is 31.0 Å². The summed E-state index contributed by atoms with van der Waals surface area (Å²) in [5, 5.41) is 13.6. The maximum Gasteiger partial charge on any atom is 0.124 e. The first kappa shape index (κ1) is 13.2. The van der Waals surface area contributed by atoms with Crippen LogP contribution in [0.15, 0.2) is 18.2 Å². The van der Waals surface area contributed by atoms with E-state index in [0.29, 0.717) is 18.3 Å². The van der Waals surface area contributed by atoms with Gasteiger partial charge in [-0.15, -0.1) is 0 Å². The highest BCUT2D eigenvalue weighted by molar-refractivity contribution is 5.41. The van der Waals surface area contributed by atoms with Crippen molar-refractivity contribution in [3.8, 4) is 11.5 Å². The molecule has 4 heteroatoms. The van der Waals surface area contributed by atoms with Crippen molar-refractivity contribution < 1.29 is 14.6 Å². The smallest absolute Gasteiger partial charge is 0.124 e. The lowest BCUT2D eigenvalue weighted by Gasteiger charge is -2.28. The van der Waals surface area contributed by atoms with Crippen LogP contribution in [0.2, 0.25) is 0 Å². The molecule has 18 heavy (non-hydrogen) atoms. The molecule has 0 heterocycles. The summed E-state index contributed by atoms with van der Waals surface area (Å²) in [6.07, 6.45) is 3.14. The van der Waals surface area contributed by atoms with Crippen LogP contribution in [0, 0.1) is 0 Å². The maximum absolute atomic E-state index is 10.2. The molecule has 1 atom stereocenters. The molecule has 1 fully saturated rings. The SMILES string of the molecule is COc1ccc(OC)c(C(O)CNC2CCC2)c1. The average Bonchev–Trinajstić information content (AvgIpc) is 2.35. The number of rotatable bonds is 6. The van der Waals surface area contributed by atoms with E-state index in [4.69, 9.17) is 9.47 Å². The predicted octanol–water partition coefficient (Wildman–Crippen LogP) is 1.88. The molecule has 0 radical (unpaired) electrons. The first-order valence-corrected chi connectivity index (χ1v) is 6.38. The second-order valence-corrected chi connectivity index (χ2v) is 4.66. The number of aliphatic hydroxyl groups excluding tert-OH is 1. The van der Waals surface area contributed by atoms with Crippen molar-refractivity contribution in [2.75, 3.05) is 20.8 Å². The molecule has 0 aliphatic heterocycles. The van der Waals surface area contributed by atoms with Gasteiger partial charge in [-0.1, -0.05) is 6.42 Å². The number of hydrogen-bond donors (Lipinski definition) is 2. The fraction of sp³-hybridized carbons (Fsp3) is 0.571. The minimum atomic E-state index is -0.573. The summed E-state index contributed by atoms with van der Waals surface area (Å²) in [7, 11) is 3.22. The summed E-state index contributed by atoms with van der Waals surface area (Å²) in [5.74, 6) is 1.42. The minimum Gasteiger partial charge on any atom is -0.497 e. The number of ether oxygens (including phenoxy) is 2. The Morgan fingerprint density at radius 1 is 1.33 bits per heavy atom. The molecule has 0 spiro atoms. The van der Waals surface area contributed by atoms with Crippen molar-refractivity contribution in [2.45, 2.75) is 31.4 Å². The number of benzene rings is 1. The zero-order valence-corrected chi connectivity index (χ0v) is 11.0. The Bertz CT molecular complexity index is 391. The highest BCUT2D eigenvalue weighted by Crippen LogP contribution is 2.29. The molecule has 2 rings (SSSR count). The molecule has 0 bridgehead atoms. The monoisotopic (exact) mass is 251 g/mol. The lowest BCUT2D eigenvalue weighted by atomic mass is 9.93. The van der Waals surface area contributed by atoms with E-state index in [-0.39, 0.29) is 0 Å². The van der Waals surface area contributed by atoms with E-state index in [1.807, 2.05) is 18.2 Å². The van der Waals surface area contributed by atoms with Gasteiger partial charge in [0.1, 0.15) is 11.5 Å². The zero-order valence-electron chi connectivity index (χ0n) is 11.0. The van der Waals surface area contributed by atoms with Gasteiger partial charge >= 0.3 is 0 Å². The number of nitrogens with one attached hydrogen (secondary N) is 1. The molecule has 1 aliphatic carbocycles. The van der Waals surface area contributed by atoms with Crippen molar-refractivity contribution in [3.05, 3.63) is 23.8 Å². The Hall–Kier alpha value is -1.26. The fourth-order valence-electron chi connectivity index (χ4n) is 2.10. The van der Waals surface area contributed by atoms with E-state index in [2.05, 4.69) is 5.32 Å². The Labute approximate surface area is 108 Å². The van der Waals surface area contributed by atoms with Gasteiger partial charge in [0.05, 0.1) is 20.3 Å². The van der Waals surface area contributed by atoms with Crippen LogP contribution in [0.25, 0.3) is 0 Å². The Kier molecular flexibility index (Phi) is 4.44. The van der Waals surface area contributed by atoms with E-state index in [0.717, 1.165) is 11.3 Å². The molecule has 0 amide bonds. The highest BCUT2D eigenvalue weighted by Gasteiger charge is 2.20. The first-order valence-electron chi connectivity index (χ1n) is 6.38. The van der Waals surface area contributed by atoms with Gasteiger partial charge in [-0.2, -0.15) is 0 Å². The van der Waals surface area contributed by atoms with Crippen LogP contribution in [0.4, 0.5) is 0 Å². The van der Waals surface area contributed by atoms with Gasteiger partial charge in [0.15, 0.2) is 0 Å². The van der Waals surface area contributed by atoms with Crippen molar-refractivity contribution >= 4 is 0 Å². The molecule has 1 saturated carbocycles. The third kappa shape index (κ3) is 2.94. The van der Waals surface area contributed by atoms with Crippen LogP contribution < -0.4 is 14.8 Å². The van der Waals surface area contributed by atoms with E-state index in [9.17, 15) is 5.11 Å². The van der Waals surface area contributed by atoms with E-state index < -0.39 is 6.10 Å². The quantitative estimate of drug-likeness (QED) is 0.810. The average molecular weight is 251 g/mol.